The molecule has 2 rings (SSSR count). The normalized spacial score (nSPS) is 11.6. The van der Waals surface area contributed by atoms with Gasteiger partial charge in [0.05, 0.1) is 36.7 Å². The highest BCUT2D eigenvalue weighted by Gasteiger charge is 2.22. The van der Waals surface area contributed by atoms with Crippen LogP contribution in [0.3, 0.4) is 0 Å². The van der Waals surface area contributed by atoms with Crippen LogP contribution in [-0.4, -0.2) is 27.2 Å². The summed E-state index contributed by atoms with van der Waals surface area (Å²) in [5, 5.41) is 0. The number of carbonyl (C=O) groups is 1. The van der Waals surface area contributed by atoms with E-state index >= 15 is 0 Å². The van der Waals surface area contributed by atoms with E-state index in [1.807, 2.05) is 0 Å². The third-order valence-electron chi connectivity index (χ3n) is 2.64. The molecule has 0 aromatic rings. The van der Waals surface area contributed by atoms with Gasteiger partial charge in [-0.15, -0.1) is 0 Å². The molecule has 0 atom stereocenters. The van der Waals surface area contributed by atoms with Crippen LogP contribution < -0.4 is 0 Å². The van der Waals surface area contributed by atoms with Gasteiger partial charge < -0.3 is 9.15 Å². The predicted octanol–water partition coefficient (Wildman–Crippen LogP) is 1.72. The second-order valence-corrected chi connectivity index (χ2v) is 5.85. The summed E-state index contributed by atoms with van der Waals surface area (Å²) in [7, 11) is -2.26. The number of ether oxygens (including phenoxy) is 1. The van der Waals surface area contributed by atoms with Crippen LogP contribution in [0, 0.1) is 0 Å². The summed E-state index contributed by atoms with van der Waals surface area (Å²) in [4.78, 5) is 11.2. The first kappa shape index (κ1) is 12.6. The lowest BCUT2D eigenvalue weighted by atomic mass is 10.2. The van der Waals surface area contributed by atoms with Crippen molar-refractivity contribution >= 4 is 15.8 Å². The van der Waals surface area contributed by atoms with E-state index in [0.717, 1.165) is 0 Å². The zero-order chi connectivity index (χ0) is 13.2. The Balaban J connectivity index is 2.28. The fourth-order valence-corrected chi connectivity index (χ4v) is 3.14. The third kappa shape index (κ3) is 2.38. The summed E-state index contributed by atoms with van der Waals surface area (Å²) < 4.78 is 33.6. The van der Waals surface area contributed by atoms with Crippen molar-refractivity contribution < 1.29 is 22.4 Å². The van der Waals surface area contributed by atoms with Gasteiger partial charge in [0.2, 0.25) is 0 Å². The lowest BCUT2D eigenvalue weighted by Crippen LogP contribution is -2.12. The summed E-state index contributed by atoms with van der Waals surface area (Å²) >= 11 is 0. The molecule has 96 valence electrons. The number of sulfone groups is 1. The van der Waals surface area contributed by atoms with Gasteiger partial charge in [0, 0.05) is 11.1 Å². The highest BCUT2D eigenvalue weighted by atomic mass is 32.2. The quantitative estimate of drug-likeness (QED) is 0.789. The molecule has 0 amide bonds. The van der Waals surface area contributed by atoms with Crippen LogP contribution in [0.5, 0.6) is 0 Å². The van der Waals surface area contributed by atoms with Gasteiger partial charge in [0.1, 0.15) is 0 Å². The van der Waals surface area contributed by atoms with E-state index in [0.29, 0.717) is 11.1 Å². The van der Waals surface area contributed by atoms with Crippen LogP contribution in [0.1, 0.15) is 6.42 Å². The Morgan fingerprint density at radius 1 is 1.33 bits per heavy atom. The average molecular weight is 268 g/mol. The highest BCUT2D eigenvalue weighted by Crippen LogP contribution is 2.31. The number of rotatable bonds is 4. The van der Waals surface area contributed by atoms with Crippen LogP contribution in [0.25, 0.3) is 11.1 Å². The fourth-order valence-electron chi connectivity index (χ4n) is 1.69. The van der Waals surface area contributed by atoms with Crippen LogP contribution >= 0.6 is 0 Å². The minimum Gasteiger partial charge on any atom is -0.472 e. The monoisotopic (exact) mass is 268 g/mol. The number of carbonyl (C=O) groups excluding carboxylic acids is 1. The van der Waals surface area contributed by atoms with Gasteiger partial charge in [-0.3, -0.25) is 4.79 Å². The topological polar surface area (TPSA) is 73.6 Å². The molecule has 0 saturated heterocycles. The molecule has 1 heterocycles. The lowest BCUT2D eigenvalue weighted by Gasteiger charge is -2.05. The maximum absolute atomic E-state index is 12.1. The molecule has 0 aromatic carbocycles. The van der Waals surface area contributed by atoms with Crippen molar-refractivity contribution in [1.29, 1.82) is 0 Å². The second-order valence-electron chi connectivity index (χ2n) is 3.77. The molecule has 1 aliphatic heterocycles. The average Bonchev–Trinajstić information content (AvgIpc) is 2.80. The van der Waals surface area contributed by atoms with Crippen LogP contribution in [0.4, 0.5) is 0 Å². The minimum absolute atomic E-state index is 0.150. The molecule has 0 saturated carbocycles. The summed E-state index contributed by atoms with van der Waals surface area (Å²) in [6.45, 7) is 0. The Bertz CT molecular complexity index is 626. The van der Waals surface area contributed by atoms with Crippen molar-refractivity contribution in [3.63, 3.8) is 0 Å². The number of esters is 1. The lowest BCUT2D eigenvalue weighted by molar-refractivity contribution is -0.140. The Labute approximate surface area is 105 Å². The number of hydrogen-bond acceptors (Lipinski definition) is 5. The smallest absolute Gasteiger partial charge is 0.306 e. The molecule has 0 spiro atoms. The van der Waals surface area contributed by atoms with Crippen LogP contribution in [0.2, 0.25) is 0 Å². The maximum Gasteiger partial charge on any atom is 0.306 e. The van der Waals surface area contributed by atoms with Crippen molar-refractivity contribution in [2.75, 3.05) is 12.9 Å². The van der Waals surface area contributed by atoms with E-state index in [2.05, 4.69) is 4.74 Å². The van der Waals surface area contributed by atoms with Crippen LogP contribution in [-0.2, 0) is 19.4 Å². The second kappa shape index (κ2) is 4.81. The summed E-state index contributed by atoms with van der Waals surface area (Å²) in [6.07, 6.45) is 2.75. The van der Waals surface area contributed by atoms with E-state index in [4.69, 9.17) is 4.42 Å². The highest BCUT2D eigenvalue weighted by molar-refractivity contribution is 7.91. The SMILES string of the molecule is COC(=O)CCS(=O)(=O)c1ccc2coccc1-2. The fraction of sp³-hybridized carbons (Fsp3) is 0.250. The Morgan fingerprint density at radius 3 is 2.83 bits per heavy atom. The molecule has 0 radical (unpaired) electrons. The maximum atomic E-state index is 12.1. The van der Waals surface area contributed by atoms with E-state index < -0.39 is 15.8 Å². The van der Waals surface area contributed by atoms with Gasteiger partial charge in [-0.1, -0.05) is 0 Å². The molecule has 1 aliphatic carbocycles. The Kier molecular flexibility index (Phi) is 3.38. The van der Waals surface area contributed by atoms with Gasteiger partial charge in [-0.2, -0.15) is 0 Å². The zero-order valence-corrected chi connectivity index (χ0v) is 10.6. The van der Waals surface area contributed by atoms with E-state index in [1.54, 1.807) is 12.1 Å². The minimum atomic E-state index is -3.49. The molecule has 18 heavy (non-hydrogen) atoms. The van der Waals surface area contributed by atoms with Crippen molar-refractivity contribution in [2.45, 2.75) is 11.3 Å². The molecule has 0 fully saturated rings. The largest absolute Gasteiger partial charge is 0.472 e. The first-order valence-electron chi connectivity index (χ1n) is 5.29. The molecule has 0 unspecified atom stereocenters. The summed E-state index contributed by atoms with van der Waals surface area (Å²) in [5.41, 5.74) is 1.32. The summed E-state index contributed by atoms with van der Waals surface area (Å²) in [6, 6.07) is 4.79. The molecule has 0 bridgehead atoms. The van der Waals surface area contributed by atoms with E-state index in [9.17, 15) is 13.2 Å². The van der Waals surface area contributed by atoms with Gasteiger partial charge >= 0.3 is 5.97 Å². The first-order chi connectivity index (χ1) is 8.54. The van der Waals surface area contributed by atoms with Gasteiger partial charge in [0.25, 0.3) is 0 Å². The third-order valence-corrected chi connectivity index (χ3v) is 4.40. The van der Waals surface area contributed by atoms with Crippen molar-refractivity contribution in [2.24, 2.45) is 0 Å². The van der Waals surface area contributed by atoms with Crippen LogP contribution in [0.15, 0.2) is 40.0 Å². The molecule has 5 nitrogen and oxygen atoms in total. The standard InChI is InChI=1S/C12H12O5S/c1-16-12(13)5-7-18(14,15)11-3-2-9-8-17-6-4-10(9)11/h2-4,6,8H,5,7H2,1H3. The predicted molar refractivity (Wildman–Crippen MR) is 64.0 cm³/mol. The van der Waals surface area contributed by atoms with Crippen molar-refractivity contribution in [3.8, 4) is 11.1 Å². The molecule has 0 N–H and O–H groups in total. The summed E-state index contributed by atoms with van der Waals surface area (Å²) in [5.74, 6) is -0.797. The zero-order valence-electron chi connectivity index (χ0n) is 9.75. The van der Waals surface area contributed by atoms with E-state index in [-0.39, 0.29) is 17.1 Å². The Hall–Kier alpha value is -1.82. The molecule has 6 heteroatoms. The van der Waals surface area contributed by atoms with Crippen molar-refractivity contribution in [1.82, 2.24) is 0 Å². The number of methoxy groups -OCH3 is 1. The van der Waals surface area contributed by atoms with E-state index in [1.165, 1.54) is 25.7 Å². The molecular formula is C12H12O5S. The molecular weight excluding hydrogens is 256 g/mol. The number of fused-ring (bicyclic) bond motifs is 1. The van der Waals surface area contributed by atoms with Crippen molar-refractivity contribution in [3.05, 3.63) is 30.7 Å². The van der Waals surface area contributed by atoms with Gasteiger partial charge in [-0.05, 0) is 18.2 Å². The van der Waals surface area contributed by atoms with Gasteiger partial charge in [-0.25, -0.2) is 8.42 Å². The molecule has 0 aromatic heterocycles. The Morgan fingerprint density at radius 2 is 2.11 bits per heavy atom. The first-order valence-corrected chi connectivity index (χ1v) is 6.94. The van der Waals surface area contributed by atoms with Gasteiger partial charge in [0.15, 0.2) is 9.84 Å². The number of hydrogen-bond donors (Lipinski definition) is 0. The molecule has 2 aliphatic rings.